The molecule has 4 atom stereocenters. The van der Waals surface area contributed by atoms with E-state index >= 15 is 0 Å². The number of nitrogens with one attached hydrogen (secondary N) is 2. The zero-order valence-electron chi connectivity index (χ0n) is 25.1. The molecule has 1 saturated carbocycles. The molecule has 3 aliphatic rings. The molecular weight excluding hydrogens is 550 g/mol. The van der Waals surface area contributed by atoms with Gasteiger partial charge in [-0.05, 0) is 62.8 Å². The van der Waals surface area contributed by atoms with Crippen LogP contribution in [0.5, 0.6) is 0 Å². The summed E-state index contributed by atoms with van der Waals surface area (Å²) in [5.41, 5.74) is 2.43. The predicted octanol–water partition coefficient (Wildman–Crippen LogP) is 4.53. The van der Waals surface area contributed by atoms with E-state index in [4.69, 9.17) is 14.2 Å². The van der Waals surface area contributed by atoms with Gasteiger partial charge in [0.25, 0.3) is 0 Å². The summed E-state index contributed by atoms with van der Waals surface area (Å²) in [5.74, 6) is -1.45. The van der Waals surface area contributed by atoms with Crippen LogP contribution in [0, 0.1) is 5.92 Å². The Morgan fingerprint density at radius 3 is 2.21 bits per heavy atom. The number of benzene rings is 2. The molecule has 2 fully saturated rings. The van der Waals surface area contributed by atoms with Crippen LogP contribution < -0.4 is 10.6 Å². The molecule has 1 aliphatic heterocycles. The molecule has 1 saturated heterocycles. The Morgan fingerprint density at radius 1 is 1.02 bits per heavy atom. The summed E-state index contributed by atoms with van der Waals surface area (Å²) in [7, 11) is 0. The lowest BCUT2D eigenvalue weighted by Crippen LogP contribution is -2.53. The number of hydrogen-bond acceptors (Lipinski definition) is 7. The molecule has 0 radical (unpaired) electrons. The number of ether oxygens (including phenoxy) is 3. The fraction of sp³-hybridized carbons (Fsp3) is 0.455. The Kier molecular flexibility index (Phi) is 8.23. The lowest BCUT2D eigenvalue weighted by Gasteiger charge is -2.29. The molecule has 0 aromatic heterocycles. The first-order chi connectivity index (χ1) is 20.5. The average molecular weight is 590 g/mol. The van der Waals surface area contributed by atoms with Crippen molar-refractivity contribution in [1.82, 2.24) is 15.5 Å². The fourth-order valence-corrected chi connectivity index (χ4v) is 6.08. The maximum atomic E-state index is 13.6. The van der Waals surface area contributed by atoms with Gasteiger partial charge in [-0.2, -0.15) is 0 Å². The highest BCUT2D eigenvalue weighted by atomic mass is 16.6. The van der Waals surface area contributed by atoms with Crippen molar-refractivity contribution in [3.63, 3.8) is 0 Å². The summed E-state index contributed by atoms with van der Waals surface area (Å²) in [4.78, 5) is 53.7. The number of carbonyl (C=O) groups is 4. The van der Waals surface area contributed by atoms with Crippen molar-refractivity contribution >= 4 is 24.1 Å². The van der Waals surface area contributed by atoms with E-state index in [1.165, 1.54) is 4.90 Å². The largest absolute Gasteiger partial charge is 0.464 e. The van der Waals surface area contributed by atoms with Gasteiger partial charge in [0.1, 0.15) is 23.8 Å². The van der Waals surface area contributed by atoms with Crippen LogP contribution in [0.15, 0.2) is 61.2 Å². The zero-order chi connectivity index (χ0) is 30.9. The van der Waals surface area contributed by atoms with E-state index in [0.29, 0.717) is 6.42 Å². The van der Waals surface area contributed by atoms with Crippen LogP contribution in [0.4, 0.5) is 9.59 Å². The first kappa shape index (κ1) is 30.1. The number of esters is 1. The average Bonchev–Trinajstić information content (AvgIpc) is 3.35. The SMILES string of the molecule is C=CC1C[C@]1(NC(=O)[C@@H]1CC(NC(=O)OCC2c3ccccc3-c3ccccc32)CN1C(=O)OC(C)(C)C)C(=O)OCC. The van der Waals surface area contributed by atoms with Crippen molar-refractivity contribution in [2.45, 2.75) is 69.7 Å². The third kappa shape index (κ3) is 6.09. The summed E-state index contributed by atoms with van der Waals surface area (Å²) in [6, 6.07) is 14.6. The van der Waals surface area contributed by atoms with Gasteiger partial charge in [-0.3, -0.25) is 9.69 Å². The molecule has 10 nitrogen and oxygen atoms in total. The minimum atomic E-state index is -1.22. The Balaban J connectivity index is 1.26. The highest BCUT2D eigenvalue weighted by molar-refractivity contribution is 5.95. The molecule has 2 aromatic rings. The number of alkyl carbamates (subject to hydrolysis) is 1. The molecule has 5 rings (SSSR count). The number of hydrogen-bond donors (Lipinski definition) is 2. The third-order valence-corrected chi connectivity index (χ3v) is 8.18. The van der Waals surface area contributed by atoms with Crippen molar-refractivity contribution in [3.05, 3.63) is 72.3 Å². The first-order valence-electron chi connectivity index (χ1n) is 14.7. The molecule has 0 bridgehead atoms. The molecule has 2 N–H and O–H groups in total. The smallest absolute Gasteiger partial charge is 0.411 e. The second-order valence-corrected chi connectivity index (χ2v) is 12.3. The van der Waals surface area contributed by atoms with E-state index in [-0.39, 0.29) is 38.0 Å². The lowest BCUT2D eigenvalue weighted by atomic mass is 9.98. The predicted molar refractivity (Wildman–Crippen MR) is 159 cm³/mol. The van der Waals surface area contributed by atoms with Crippen LogP contribution in [0.1, 0.15) is 57.6 Å². The quantitative estimate of drug-likeness (QED) is 0.264. The van der Waals surface area contributed by atoms with Crippen molar-refractivity contribution in [2.24, 2.45) is 5.92 Å². The Bertz CT molecular complexity index is 1390. The molecule has 0 spiro atoms. The number of nitrogens with zero attached hydrogens (tertiary/aromatic N) is 1. The van der Waals surface area contributed by atoms with E-state index in [2.05, 4.69) is 29.3 Å². The van der Waals surface area contributed by atoms with Crippen LogP contribution in [-0.2, 0) is 23.8 Å². The molecular formula is C33H39N3O7. The molecule has 1 heterocycles. The van der Waals surface area contributed by atoms with Crippen LogP contribution in [0.25, 0.3) is 11.1 Å². The Labute approximate surface area is 251 Å². The van der Waals surface area contributed by atoms with Gasteiger partial charge in [-0.1, -0.05) is 54.6 Å². The van der Waals surface area contributed by atoms with Crippen LogP contribution in [0.3, 0.4) is 0 Å². The van der Waals surface area contributed by atoms with Gasteiger partial charge in [-0.15, -0.1) is 6.58 Å². The minimum Gasteiger partial charge on any atom is -0.464 e. The number of rotatable bonds is 8. The van der Waals surface area contributed by atoms with E-state index in [9.17, 15) is 19.2 Å². The molecule has 3 amide bonds. The van der Waals surface area contributed by atoms with E-state index in [0.717, 1.165) is 22.3 Å². The van der Waals surface area contributed by atoms with Crippen molar-refractivity contribution in [3.8, 4) is 11.1 Å². The summed E-state index contributed by atoms with van der Waals surface area (Å²) >= 11 is 0. The Hall–Kier alpha value is -4.34. The monoisotopic (exact) mass is 589 g/mol. The van der Waals surface area contributed by atoms with E-state index < -0.39 is 47.3 Å². The maximum Gasteiger partial charge on any atom is 0.411 e. The lowest BCUT2D eigenvalue weighted by molar-refractivity contribution is -0.149. The highest BCUT2D eigenvalue weighted by Crippen LogP contribution is 2.46. The summed E-state index contributed by atoms with van der Waals surface area (Å²) in [6.45, 7) is 11.0. The summed E-state index contributed by atoms with van der Waals surface area (Å²) < 4.78 is 16.5. The van der Waals surface area contributed by atoms with Crippen molar-refractivity contribution in [1.29, 1.82) is 0 Å². The van der Waals surface area contributed by atoms with Gasteiger partial charge < -0.3 is 24.8 Å². The highest BCUT2D eigenvalue weighted by Gasteiger charge is 2.62. The number of likely N-dealkylation sites (tertiary alicyclic amines) is 1. The first-order valence-corrected chi connectivity index (χ1v) is 14.7. The number of fused-ring (bicyclic) bond motifs is 3. The topological polar surface area (TPSA) is 123 Å². The molecule has 2 aromatic carbocycles. The van der Waals surface area contributed by atoms with Crippen molar-refractivity contribution in [2.75, 3.05) is 19.8 Å². The molecule has 10 heteroatoms. The zero-order valence-corrected chi connectivity index (χ0v) is 25.1. The van der Waals surface area contributed by atoms with Gasteiger partial charge in [0, 0.05) is 18.4 Å². The van der Waals surface area contributed by atoms with E-state index in [1.807, 2.05) is 36.4 Å². The van der Waals surface area contributed by atoms with Gasteiger partial charge in [0.15, 0.2) is 0 Å². The summed E-state index contributed by atoms with van der Waals surface area (Å²) in [5, 5.41) is 5.65. The van der Waals surface area contributed by atoms with Crippen LogP contribution >= 0.6 is 0 Å². The second kappa shape index (κ2) is 11.7. The molecule has 43 heavy (non-hydrogen) atoms. The molecule has 2 unspecified atom stereocenters. The third-order valence-electron chi connectivity index (χ3n) is 8.18. The van der Waals surface area contributed by atoms with Gasteiger partial charge in [-0.25, -0.2) is 14.4 Å². The Morgan fingerprint density at radius 2 is 1.65 bits per heavy atom. The fourth-order valence-electron chi connectivity index (χ4n) is 6.08. The molecule has 2 aliphatic carbocycles. The number of amides is 3. The van der Waals surface area contributed by atoms with E-state index in [1.54, 1.807) is 33.8 Å². The standard InChI is InChI=1S/C33H39N3O7/c1-6-20-17-33(20,29(38)41-7-2)35-28(37)27-16-21(18-36(27)31(40)43-32(3,4)5)34-30(39)42-19-26-24-14-10-8-12-22(24)23-13-9-11-15-25(23)26/h6,8-15,20-21,26-27H,1,7,16-19H2,2-5H3,(H,34,39)(H,35,37)/t20?,21?,27-,33+/m0/s1. The minimum absolute atomic E-state index is 0.0362. The maximum absolute atomic E-state index is 13.6. The molecule has 228 valence electrons. The van der Waals surface area contributed by atoms with Gasteiger partial charge in [0.2, 0.25) is 5.91 Å². The second-order valence-electron chi connectivity index (χ2n) is 12.3. The number of carbonyl (C=O) groups excluding carboxylic acids is 4. The normalized spacial score (nSPS) is 23.9. The van der Waals surface area contributed by atoms with Crippen molar-refractivity contribution < 1.29 is 33.4 Å². The van der Waals surface area contributed by atoms with Crippen LogP contribution in [0.2, 0.25) is 0 Å². The van der Waals surface area contributed by atoms with Crippen LogP contribution in [-0.4, -0.2) is 71.9 Å². The van der Waals surface area contributed by atoms with Gasteiger partial charge >= 0.3 is 18.2 Å². The summed E-state index contributed by atoms with van der Waals surface area (Å²) in [6.07, 6.45) is 0.757. The van der Waals surface area contributed by atoms with Gasteiger partial charge in [0.05, 0.1) is 12.6 Å².